The van der Waals surface area contributed by atoms with Crippen LogP contribution in [-0.2, 0) is 9.53 Å². The molecule has 2 aromatic rings. The molecule has 10 heteroatoms. The number of carbonyl (C=O) groups excluding carboxylic acids is 2. The van der Waals surface area contributed by atoms with E-state index < -0.39 is 29.4 Å². The predicted molar refractivity (Wildman–Crippen MR) is 137 cm³/mol. The maximum atomic E-state index is 14.0. The summed E-state index contributed by atoms with van der Waals surface area (Å²) in [6, 6.07) is 3.16. The van der Waals surface area contributed by atoms with Crippen molar-refractivity contribution in [1.82, 2.24) is 0 Å². The van der Waals surface area contributed by atoms with Crippen LogP contribution in [0.1, 0.15) is 49.7 Å². The molecule has 0 spiro atoms. The highest BCUT2D eigenvalue weighted by Gasteiger charge is 2.50. The Morgan fingerprint density at radius 3 is 2.26 bits per heavy atom. The van der Waals surface area contributed by atoms with Gasteiger partial charge in [0.25, 0.3) is 0 Å². The van der Waals surface area contributed by atoms with E-state index in [2.05, 4.69) is 0 Å². The number of ketones is 1. The highest BCUT2D eigenvalue weighted by Crippen LogP contribution is 2.59. The number of carbonyl (C=O) groups is 2. The summed E-state index contributed by atoms with van der Waals surface area (Å²) in [7, 11) is 5.78. The smallest absolute Gasteiger partial charge is 0.334 e. The second-order valence-corrected chi connectivity index (χ2v) is 9.24. The molecule has 1 heterocycles. The van der Waals surface area contributed by atoms with E-state index in [9.17, 15) is 14.7 Å². The molecule has 4 rings (SSSR count). The number of benzene rings is 2. The minimum Gasteiger partial charge on any atom is -0.493 e. The van der Waals surface area contributed by atoms with Gasteiger partial charge >= 0.3 is 5.97 Å². The Morgan fingerprint density at radius 1 is 1.03 bits per heavy atom. The van der Waals surface area contributed by atoms with Crippen LogP contribution in [0.4, 0.5) is 0 Å². The average molecular weight is 529 g/mol. The van der Waals surface area contributed by atoms with Crippen molar-refractivity contribution in [2.75, 3.05) is 35.2 Å². The minimum absolute atomic E-state index is 0.0607. The first-order valence-electron chi connectivity index (χ1n) is 12.0. The fourth-order valence-corrected chi connectivity index (χ4v) is 4.83. The third-order valence-corrected chi connectivity index (χ3v) is 7.26. The topological polar surface area (TPSA) is 119 Å². The second-order valence-electron chi connectivity index (χ2n) is 9.24. The van der Waals surface area contributed by atoms with Crippen molar-refractivity contribution in [3.8, 4) is 45.6 Å². The largest absolute Gasteiger partial charge is 0.493 e. The average Bonchev–Trinajstić information content (AvgIpc) is 3.40. The molecular weight excluding hydrogens is 496 g/mol. The number of hydrogen-bond acceptors (Lipinski definition) is 10. The number of esters is 1. The van der Waals surface area contributed by atoms with E-state index in [1.54, 1.807) is 39.0 Å². The molecule has 0 unspecified atom stereocenters. The van der Waals surface area contributed by atoms with Crippen LogP contribution in [0.15, 0.2) is 23.8 Å². The lowest BCUT2D eigenvalue weighted by atomic mass is 9.72. The lowest BCUT2D eigenvalue weighted by Gasteiger charge is -2.40. The fourth-order valence-electron chi connectivity index (χ4n) is 4.83. The van der Waals surface area contributed by atoms with Crippen molar-refractivity contribution in [2.24, 2.45) is 5.92 Å². The highest BCUT2D eigenvalue weighted by atomic mass is 16.7. The zero-order chi connectivity index (χ0) is 27.9. The van der Waals surface area contributed by atoms with Crippen molar-refractivity contribution in [3.63, 3.8) is 0 Å². The summed E-state index contributed by atoms with van der Waals surface area (Å²) < 4.78 is 40.0. The maximum Gasteiger partial charge on any atom is 0.334 e. The molecular formula is C28H32O10. The molecule has 3 atom stereocenters. The molecule has 0 aromatic heterocycles. The number of methoxy groups -OCH3 is 4. The molecule has 0 fully saturated rings. The van der Waals surface area contributed by atoms with E-state index in [-0.39, 0.29) is 35.4 Å². The zero-order valence-electron chi connectivity index (χ0n) is 22.7. The number of allylic oxidation sites excluding steroid dienone is 1. The summed E-state index contributed by atoms with van der Waals surface area (Å²) in [5, 5.41) is 11.9. The molecule has 0 bridgehead atoms. The Hall–Kier alpha value is -3.92. The summed E-state index contributed by atoms with van der Waals surface area (Å²) in [6.45, 7) is 6.28. The SMILES string of the molecule is C/C=C(/C)C(=O)O[C@H]1c2cc(OC)c(OC)c(OC)c2-c2c(cc3c(c2OC)OCO3)C(=O)[C@H](C)[C@]1(C)O. The van der Waals surface area contributed by atoms with Gasteiger partial charge < -0.3 is 38.3 Å². The molecule has 1 aliphatic heterocycles. The number of hydrogen-bond donors (Lipinski definition) is 1. The Labute approximate surface area is 221 Å². The Bertz CT molecular complexity index is 1320. The van der Waals surface area contributed by atoms with Gasteiger partial charge in [0.1, 0.15) is 5.60 Å². The summed E-state index contributed by atoms with van der Waals surface area (Å²) >= 11 is 0. The fraction of sp³-hybridized carbons (Fsp3) is 0.429. The first-order chi connectivity index (χ1) is 18.1. The lowest BCUT2D eigenvalue weighted by Crippen LogP contribution is -2.46. The van der Waals surface area contributed by atoms with Gasteiger partial charge in [-0.05, 0) is 32.9 Å². The maximum absolute atomic E-state index is 14.0. The number of Topliss-reactive ketones (excluding diaryl/α,β-unsaturated/α-hetero) is 1. The molecule has 2 aromatic carbocycles. The molecule has 10 nitrogen and oxygen atoms in total. The van der Waals surface area contributed by atoms with Crippen molar-refractivity contribution in [3.05, 3.63) is 34.9 Å². The Kier molecular flexibility index (Phi) is 7.20. The van der Waals surface area contributed by atoms with Gasteiger partial charge in [-0.2, -0.15) is 0 Å². The minimum atomic E-state index is -1.86. The first kappa shape index (κ1) is 27.1. The van der Waals surface area contributed by atoms with Crippen LogP contribution >= 0.6 is 0 Å². The van der Waals surface area contributed by atoms with Crippen LogP contribution in [0.3, 0.4) is 0 Å². The first-order valence-corrected chi connectivity index (χ1v) is 12.0. The summed E-state index contributed by atoms with van der Waals surface area (Å²) in [5.74, 6) is -0.570. The van der Waals surface area contributed by atoms with Crippen LogP contribution in [0.25, 0.3) is 11.1 Å². The molecule has 0 radical (unpaired) electrons. The van der Waals surface area contributed by atoms with Gasteiger partial charge in [-0.3, -0.25) is 4.79 Å². The van der Waals surface area contributed by atoms with E-state index in [0.29, 0.717) is 33.8 Å². The number of fused-ring (bicyclic) bond motifs is 4. The number of rotatable bonds is 6. The lowest BCUT2D eigenvalue weighted by molar-refractivity contribution is -0.164. The molecule has 0 saturated carbocycles. The van der Waals surface area contributed by atoms with Crippen molar-refractivity contribution < 1.29 is 47.9 Å². The van der Waals surface area contributed by atoms with E-state index in [0.717, 1.165) is 0 Å². The number of aliphatic hydroxyl groups is 1. The molecule has 38 heavy (non-hydrogen) atoms. The third-order valence-electron chi connectivity index (χ3n) is 7.26. The van der Waals surface area contributed by atoms with Crippen LogP contribution in [0.5, 0.6) is 34.5 Å². The monoisotopic (exact) mass is 528 g/mol. The summed E-state index contributed by atoms with van der Waals surface area (Å²) in [4.78, 5) is 27.1. The van der Waals surface area contributed by atoms with Gasteiger partial charge in [0, 0.05) is 27.8 Å². The second kappa shape index (κ2) is 10.1. The summed E-state index contributed by atoms with van der Waals surface area (Å²) in [5.41, 5.74) is -0.370. The van der Waals surface area contributed by atoms with E-state index in [4.69, 9.17) is 33.2 Å². The van der Waals surface area contributed by atoms with E-state index in [1.807, 2.05) is 0 Å². The predicted octanol–water partition coefficient (Wildman–Crippen LogP) is 4.25. The molecule has 0 saturated heterocycles. The molecule has 0 amide bonds. The standard InChI is InChI=1S/C28H32O10/c1-9-13(2)27(30)38-26-16-11-17(32-5)22(33-6)24(34-7)20(16)19-15(21(29)14(3)28(26,4)31)10-18-23(25(19)35-8)37-12-36-18/h9-11,14,26,31H,12H2,1-8H3/b13-9-/t14-,26-,28-/m0/s1. The van der Waals surface area contributed by atoms with Crippen LogP contribution in [0.2, 0.25) is 0 Å². The molecule has 1 aliphatic carbocycles. The number of ether oxygens (including phenoxy) is 7. The molecule has 204 valence electrons. The highest BCUT2D eigenvalue weighted by molar-refractivity contribution is 6.09. The summed E-state index contributed by atoms with van der Waals surface area (Å²) in [6.07, 6.45) is 0.278. The van der Waals surface area contributed by atoms with Gasteiger partial charge in [-0.1, -0.05) is 13.0 Å². The van der Waals surface area contributed by atoms with Crippen molar-refractivity contribution in [1.29, 1.82) is 0 Å². The van der Waals surface area contributed by atoms with Gasteiger partial charge in [-0.15, -0.1) is 0 Å². The van der Waals surface area contributed by atoms with E-state index >= 15 is 0 Å². The van der Waals surface area contributed by atoms with Gasteiger partial charge in [0.15, 0.2) is 34.9 Å². The molecule has 2 aliphatic rings. The van der Waals surface area contributed by atoms with Crippen molar-refractivity contribution in [2.45, 2.75) is 39.4 Å². The van der Waals surface area contributed by atoms with Gasteiger partial charge in [0.2, 0.25) is 18.3 Å². The Balaban J connectivity index is 2.22. The van der Waals surface area contributed by atoms with Crippen LogP contribution < -0.4 is 28.4 Å². The zero-order valence-corrected chi connectivity index (χ0v) is 22.7. The molecule has 1 N–H and O–H groups in total. The van der Waals surface area contributed by atoms with Crippen LogP contribution in [0, 0.1) is 5.92 Å². The third kappa shape index (κ3) is 3.99. The quantitative estimate of drug-likeness (QED) is 0.430. The van der Waals surface area contributed by atoms with Gasteiger partial charge in [0.05, 0.1) is 34.4 Å². The van der Waals surface area contributed by atoms with Crippen LogP contribution in [-0.4, -0.2) is 57.7 Å². The van der Waals surface area contributed by atoms with Crippen molar-refractivity contribution >= 4 is 11.8 Å². The Morgan fingerprint density at radius 2 is 1.68 bits per heavy atom. The van der Waals surface area contributed by atoms with Gasteiger partial charge in [-0.25, -0.2) is 4.79 Å². The normalized spacial score (nSPS) is 22.0. The van der Waals surface area contributed by atoms with E-state index in [1.165, 1.54) is 35.4 Å².